The van der Waals surface area contributed by atoms with Crippen LogP contribution >= 0.6 is 23.2 Å². The van der Waals surface area contributed by atoms with Gasteiger partial charge in [0.1, 0.15) is 11.2 Å². The molecular formula is C30H35Cl2FN2O3. The molecule has 5 nitrogen and oxygen atoms in total. The molecule has 1 saturated carbocycles. The normalized spacial score (nSPS) is 34.2. The summed E-state index contributed by atoms with van der Waals surface area (Å²) in [5.41, 5.74) is -1.72. The first-order valence-electron chi connectivity index (χ1n) is 13.2. The molecule has 0 radical (unpaired) electrons. The number of aliphatic hydroxyl groups is 1. The summed E-state index contributed by atoms with van der Waals surface area (Å²) in [6, 6.07) is 9.19. The van der Waals surface area contributed by atoms with Gasteiger partial charge in [-0.1, -0.05) is 62.2 Å². The van der Waals surface area contributed by atoms with Crippen molar-refractivity contribution in [1.82, 2.24) is 5.32 Å². The number of carbonyl (C=O) groups excluding carboxylic acids is 2. The maximum Gasteiger partial charge on any atom is 0.237 e. The van der Waals surface area contributed by atoms with E-state index in [1.165, 1.54) is 6.07 Å². The summed E-state index contributed by atoms with van der Waals surface area (Å²) in [7, 11) is 0. The lowest BCUT2D eigenvalue weighted by molar-refractivity contribution is -0.126. The van der Waals surface area contributed by atoms with Crippen LogP contribution in [0, 0.1) is 17.2 Å². The molecule has 8 heteroatoms. The number of fused-ring (bicyclic) bond motifs is 2. The van der Waals surface area contributed by atoms with E-state index in [0.29, 0.717) is 35.5 Å². The molecule has 2 aliphatic heterocycles. The molecule has 2 heterocycles. The molecular weight excluding hydrogens is 526 g/mol. The molecule has 38 heavy (non-hydrogen) atoms. The van der Waals surface area contributed by atoms with Gasteiger partial charge in [-0.05, 0) is 73.8 Å². The summed E-state index contributed by atoms with van der Waals surface area (Å²) in [5.74, 6) is -1.83. The molecule has 204 valence electrons. The van der Waals surface area contributed by atoms with Crippen LogP contribution < -0.4 is 10.6 Å². The number of anilines is 1. The zero-order valence-corrected chi connectivity index (χ0v) is 23.9. The number of Topliss-reactive ketones (excluding diaryl/α,β-unsaturated/α-hetero) is 1. The van der Waals surface area contributed by atoms with Gasteiger partial charge in [0.05, 0.1) is 16.7 Å². The highest BCUT2D eigenvalue weighted by Gasteiger charge is 2.71. The second-order valence-corrected chi connectivity index (χ2v) is 14.0. The smallest absolute Gasteiger partial charge is 0.237 e. The van der Waals surface area contributed by atoms with Crippen molar-refractivity contribution in [2.24, 2.45) is 11.3 Å². The highest BCUT2D eigenvalue weighted by Crippen LogP contribution is 2.62. The van der Waals surface area contributed by atoms with Gasteiger partial charge in [-0.15, -0.1) is 0 Å². The Bertz CT molecular complexity index is 1320. The molecule has 1 aliphatic carbocycles. The molecule has 3 aliphatic rings. The SMILES string of the molecule is CC(C)(C)CC1(C)NC(C(=O)CC2CC(C)(O)C2)C(c2cccc(Cl)c2F)C12C(=O)Nc1cc(Cl)ccc12. The van der Waals surface area contributed by atoms with Crippen molar-refractivity contribution < 1.29 is 19.1 Å². The van der Waals surface area contributed by atoms with Gasteiger partial charge in [0.15, 0.2) is 5.78 Å². The Kier molecular flexibility index (Phi) is 6.54. The Hall–Kier alpha value is -1.99. The zero-order valence-electron chi connectivity index (χ0n) is 22.4. The van der Waals surface area contributed by atoms with Crippen LogP contribution in [-0.2, 0) is 15.0 Å². The maximum atomic E-state index is 15.9. The fraction of sp³-hybridized carbons (Fsp3) is 0.533. The van der Waals surface area contributed by atoms with E-state index in [0.717, 1.165) is 0 Å². The summed E-state index contributed by atoms with van der Waals surface area (Å²) < 4.78 is 15.9. The first-order valence-corrected chi connectivity index (χ1v) is 13.9. The Balaban J connectivity index is 1.73. The molecule has 2 aromatic carbocycles. The standard InChI is InChI=1S/C30H35Cl2FN2O3/c1-27(2,3)15-29(5)30(19-10-9-17(31)12-21(19)34-26(30)37)23(18-7-6-8-20(32)24(18)33)25(35-29)22(36)11-16-13-28(4,38)14-16/h6-10,12,16,23,25,35,38H,11,13-15H2,1-5H3,(H,34,37). The molecule has 1 saturated heterocycles. The van der Waals surface area contributed by atoms with Crippen LogP contribution in [0.5, 0.6) is 0 Å². The lowest BCUT2D eigenvalue weighted by Crippen LogP contribution is -2.59. The van der Waals surface area contributed by atoms with Gasteiger partial charge in [0.25, 0.3) is 0 Å². The van der Waals surface area contributed by atoms with E-state index in [2.05, 4.69) is 31.4 Å². The minimum Gasteiger partial charge on any atom is -0.390 e. The monoisotopic (exact) mass is 560 g/mol. The van der Waals surface area contributed by atoms with Crippen LogP contribution in [0.15, 0.2) is 36.4 Å². The number of hydrogen-bond acceptors (Lipinski definition) is 4. The summed E-state index contributed by atoms with van der Waals surface area (Å²) in [4.78, 5) is 28.4. The first-order chi connectivity index (χ1) is 17.6. The van der Waals surface area contributed by atoms with E-state index < -0.39 is 34.3 Å². The number of benzene rings is 2. The van der Waals surface area contributed by atoms with Gasteiger partial charge in [-0.25, -0.2) is 4.39 Å². The fourth-order valence-electron chi connectivity index (χ4n) is 7.73. The summed E-state index contributed by atoms with van der Waals surface area (Å²) in [6.07, 6.45) is 1.85. The van der Waals surface area contributed by atoms with Gasteiger partial charge in [0.2, 0.25) is 5.91 Å². The predicted molar refractivity (Wildman–Crippen MR) is 148 cm³/mol. The minimum atomic E-state index is -1.31. The van der Waals surface area contributed by atoms with Gasteiger partial charge in [0, 0.05) is 28.6 Å². The molecule has 0 aromatic heterocycles. The van der Waals surface area contributed by atoms with Crippen LogP contribution in [0.2, 0.25) is 10.0 Å². The average Bonchev–Trinajstić information content (AvgIpc) is 3.19. The van der Waals surface area contributed by atoms with E-state index in [-0.39, 0.29) is 40.0 Å². The van der Waals surface area contributed by atoms with Crippen molar-refractivity contribution in [3.05, 3.63) is 63.4 Å². The third-order valence-corrected chi connectivity index (χ3v) is 9.18. The van der Waals surface area contributed by atoms with E-state index >= 15 is 4.39 Å². The van der Waals surface area contributed by atoms with Crippen molar-refractivity contribution in [2.75, 3.05) is 5.32 Å². The average molecular weight is 562 g/mol. The molecule has 1 amide bonds. The van der Waals surface area contributed by atoms with E-state index in [4.69, 9.17) is 23.2 Å². The summed E-state index contributed by atoms with van der Waals surface area (Å²) in [5, 5.41) is 17.3. The summed E-state index contributed by atoms with van der Waals surface area (Å²) in [6.45, 7) is 10.0. The molecule has 4 atom stereocenters. The van der Waals surface area contributed by atoms with Crippen LogP contribution in [0.25, 0.3) is 0 Å². The number of nitrogens with one attached hydrogen (secondary N) is 2. The fourth-order valence-corrected chi connectivity index (χ4v) is 8.08. The Morgan fingerprint density at radius 1 is 1.16 bits per heavy atom. The second-order valence-electron chi connectivity index (χ2n) is 13.2. The molecule has 2 aromatic rings. The van der Waals surface area contributed by atoms with Crippen molar-refractivity contribution in [3.8, 4) is 0 Å². The minimum absolute atomic E-state index is 0.0399. The lowest BCUT2D eigenvalue weighted by atomic mass is 9.56. The number of ketones is 1. The number of halogens is 3. The third kappa shape index (κ3) is 4.28. The van der Waals surface area contributed by atoms with Gasteiger partial charge in [-0.2, -0.15) is 0 Å². The van der Waals surface area contributed by atoms with Crippen molar-refractivity contribution in [1.29, 1.82) is 0 Å². The van der Waals surface area contributed by atoms with Crippen LogP contribution in [0.4, 0.5) is 10.1 Å². The van der Waals surface area contributed by atoms with Crippen LogP contribution in [-0.4, -0.2) is 34.0 Å². The van der Waals surface area contributed by atoms with Crippen LogP contribution in [0.3, 0.4) is 0 Å². The number of hydrogen-bond donors (Lipinski definition) is 3. The van der Waals surface area contributed by atoms with Crippen LogP contribution in [0.1, 0.15) is 77.3 Å². The second kappa shape index (κ2) is 9.02. The number of rotatable bonds is 5. The van der Waals surface area contributed by atoms with Crippen molar-refractivity contribution >= 4 is 40.6 Å². The van der Waals surface area contributed by atoms with Gasteiger partial charge < -0.3 is 15.7 Å². The molecule has 5 rings (SSSR count). The topological polar surface area (TPSA) is 78.4 Å². The Labute approximate surface area is 233 Å². The molecule has 1 spiro atoms. The molecule has 4 unspecified atom stereocenters. The molecule has 2 fully saturated rings. The van der Waals surface area contributed by atoms with E-state index in [9.17, 15) is 14.7 Å². The predicted octanol–water partition coefficient (Wildman–Crippen LogP) is 6.39. The highest BCUT2D eigenvalue weighted by atomic mass is 35.5. The van der Waals surface area contributed by atoms with E-state index in [1.54, 1.807) is 31.2 Å². The molecule has 0 bridgehead atoms. The van der Waals surface area contributed by atoms with Crippen molar-refractivity contribution in [2.45, 2.75) is 88.8 Å². The third-order valence-electron chi connectivity index (χ3n) is 8.65. The zero-order chi connectivity index (χ0) is 27.8. The van der Waals surface area contributed by atoms with E-state index in [1.807, 2.05) is 13.0 Å². The Morgan fingerprint density at radius 3 is 2.47 bits per heavy atom. The lowest BCUT2D eigenvalue weighted by Gasteiger charge is -2.45. The summed E-state index contributed by atoms with van der Waals surface area (Å²) >= 11 is 12.6. The first kappa shape index (κ1) is 27.6. The van der Waals surface area contributed by atoms with Crippen molar-refractivity contribution in [3.63, 3.8) is 0 Å². The van der Waals surface area contributed by atoms with Gasteiger partial charge >= 0.3 is 0 Å². The Morgan fingerprint density at radius 2 is 1.84 bits per heavy atom. The largest absolute Gasteiger partial charge is 0.390 e. The number of amides is 1. The highest BCUT2D eigenvalue weighted by molar-refractivity contribution is 6.31. The van der Waals surface area contributed by atoms with Gasteiger partial charge in [-0.3, -0.25) is 9.59 Å². The quantitative estimate of drug-likeness (QED) is 0.395. The maximum absolute atomic E-state index is 15.9. The molecule has 3 N–H and O–H groups in total. The number of carbonyl (C=O) groups is 2.